The minimum atomic E-state index is -0.625. The predicted molar refractivity (Wildman–Crippen MR) is 75.3 cm³/mol. The third-order valence-corrected chi connectivity index (χ3v) is 3.77. The van der Waals surface area contributed by atoms with Gasteiger partial charge >= 0.3 is 0 Å². The maximum Gasteiger partial charge on any atom is 0.255 e. The van der Waals surface area contributed by atoms with Crippen LogP contribution in [0.4, 0.5) is 0 Å². The largest absolute Gasteiger partial charge is 0.496 e. The lowest BCUT2D eigenvalue weighted by Gasteiger charge is -2.36. The number of carbonyl (C=O) groups excluding carboxylic acids is 1. The summed E-state index contributed by atoms with van der Waals surface area (Å²) in [6, 6.07) is 4.83. The molecular formula is C14H18ClNO4. The van der Waals surface area contributed by atoms with Crippen molar-refractivity contribution in [2.75, 3.05) is 26.9 Å². The van der Waals surface area contributed by atoms with Crippen molar-refractivity contribution in [3.8, 4) is 5.75 Å². The zero-order valence-corrected chi connectivity index (χ0v) is 12.1. The SMILES string of the molecule is COc1cc(Cl)ccc1C(=O)NC1(CO)CCOCC1. The zero-order valence-electron chi connectivity index (χ0n) is 11.3. The molecule has 1 aliphatic heterocycles. The number of ether oxygens (including phenoxy) is 2. The van der Waals surface area contributed by atoms with E-state index in [0.29, 0.717) is 42.4 Å². The van der Waals surface area contributed by atoms with Gasteiger partial charge in [0, 0.05) is 18.2 Å². The van der Waals surface area contributed by atoms with Gasteiger partial charge < -0.3 is 19.9 Å². The van der Waals surface area contributed by atoms with Crippen molar-refractivity contribution < 1.29 is 19.4 Å². The Hall–Kier alpha value is -1.30. The van der Waals surface area contributed by atoms with Crippen molar-refractivity contribution in [1.82, 2.24) is 5.32 Å². The van der Waals surface area contributed by atoms with Crippen LogP contribution in [0.2, 0.25) is 5.02 Å². The summed E-state index contributed by atoms with van der Waals surface area (Å²) in [5.41, 5.74) is -0.226. The first kappa shape index (κ1) is 15.1. The lowest BCUT2D eigenvalue weighted by atomic mass is 9.90. The second-order valence-corrected chi connectivity index (χ2v) is 5.29. The quantitative estimate of drug-likeness (QED) is 0.886. The fourth-order valence-corrected chi connectivity index (χ4v) is 2.41. The summed E-state index contributed by atoms with van der Waals surface area (Å²) in [6.07, 6.45) is 1.18. The van der Waals surface area contributed by atoms with Gasteiger partial charge in [0.15, 0.2) is 0 Å². The maximum absolute atomic E-state index is 12.4. The van der Waals surface area contributed by atoms with Gasteiger partial charge in [0.1, 0.15) is 5.75 Å². The highest BCUT2D eigenvalue weighted by Crippen LogP contribution is 2.25. The van der Waals surface area contributed by atoms with Crippen molar-refractivity contribution in [3.63, 3.8) is 0 Å². The Labute approximate surface area is 122 Å². The lowest BCUT2D eigenvalue weighted by Crippen LogP contribution is -2.54. The van der Waals surface area contributed by atoms with Gasteiger partial charge in [0.05, 0.1) is 24.8 Å². The van der Waals surface area contributed by atoms with Gasteiger partial charge in [0.25, 0.3) is 5.91 Å². The van der Waals surface area contributed by atoms with Crippen LogP contribution in [0.25, 0.3) is 0 Å². The number of hydrogen-bond acceptors (Lipinski definition) is 4. The molecule has 2 N–H and O–H groups in total. The van der Waals surface area contributed by atoms with Crippen molar-refractivity contribution in [2.24, 2.45) is 0 Å². The maximum atomic E-state index is 12.4. The number of rotatable bonds is 4. The third-order valence-electron chi connectivity index (χ3n) is 3.54. The Morgan fingerprint density at radius 2 is 2.20 bits per heavy atom. The van der Waals surface area contributed by atoms with Gasteiger partial charge in [-0.1, -0.05) is 11.6 Å². The summed E-state index contributed by atoms with van der Waals surface area (Å²) in [5, 5.41) is 13.0. The van der Waals surface area contributed by atoms with E-state index in [1.807, 2.05) is 0 Å². The molecular weight excluding hydrogens is 282 g/mol. The van der Waals surface area contributed by atoms with Crippen LogP contribution in [-0.4, -0.2) is 43.5 Å². The molecule has 0 aromatic heterocycles. The van der Waals surface area contributed by atoms with Gasteiger partial charge in [-0.05, 0) is 31.0 Å². The number of halogens is 1. The van der Waals surface area contributed by atoms with Gasteiger partial charge in [0.2, 0.25) is 0 Å². The highest BCUT2D eigenvalue weighted by Gasteiger charge is 2.34. The Bertz CT molecular complexity index is 486. The molecule has 0 spiro atoms. The molecule has 1 fully saturated rings. The molecule has 0 saturated carbocycles. The molecule has 0 atom stereocenters. The predicted octanol–water partition coefficient (Wildman–Crippen LogP) is 1.62. The van der Waals surface area contributed by atoms with Gasteiger partial charge in [-0.25, -0.2) is 0 Å². The molecule has 1 saturated heterocycles. The van der Waals surface area contributed by atoms with E-state index in [-0.39, 0.29) is 12.5 Å². The molecule has 0 unspecified atom stereocenters. The number of hydrogen-bond donors (Lipinski definition) is 2. The lowest BCUT2D eigenvalue weighted by molar-refractivity contribution is 0.0125. The summed E-state index contributed by atoms with van der Waals surface area (Å²) < 4.78 is 10.4. The molecule has 5 nitrogen and oxygen atoms in total. The van der Waals surface area contributed by atoms with Crippen molar-refractivity contribution >= 4 is 17.5 Å². The molecule has 2 rings (SSSR count). The molecule has 6 heteroatoms. The highest BCUT2D eigenvalue weighted by molar-refractivity contribution is 6.30. The van der Waals surface area contributed by atoms with Gasteiger partial charge in [-0.15, -0.1) is 0 Å². The molecule has 0 bridgehead atoms. The van der Waals surface area contributed by atoms with Crippen molar-refractivity contribution in [1.29, 1.82) is 0 Å². The fraction of sp³-hybridized carbons (Fsp3) is 0.500. The minimum Gasteiger partial charge on any atom is -0.496 e. The van der Waals surface area contributed by atoms with Gasteiger partial charge in [-0.3, -0.25) is 4.79 Å². The van der Waals surface area contributed by atoms with E-state index < -0.39 is 5.54 Å². The molecule has 1 aromatic rings. The average Bonchev–Trinajstić information content (AvgIpc) is 2.47. The molecule has 110 valence electrons. The molecule has 1 aromatic carbocycles. The summed E-state index contributed by atoms with van der Waals surface area (Å²) >= 11 is 5.88. The van der Waals surface area contributed by atoms with Crippen LogP contribution >= 0.6 is 11.6 Å². The number of amides is 1. The van der Waals surface area contributed by atoms with E-state index in [2.05, 4.69) is 5.32 Å². The van der Waals surface area contributed by atoms with Gasteiger partial charge in [-0.2, -0.15) is 0 Å². The first-order valence-electron chi connectivity index (χ1n) is 6.45. The van der Waals surface area contributed by atoms with Crippen LogP contribution in [-0.2, 0) is 4.74 Å². The molecule has 0 radical (unpaired) electrons. The smallest absolute Gasteiger partial charge is 0.255 e. The van der Waals surface area contributed by atoms with E-state index in [4.69, 9.17) is 21.1 Å². The normalized spacial score (nSPS) is 17.6. The fourth-order valence-electron chi connectivity index (χ4n) is 2.25. The van der Waals surface area contributed by atoms with Crippen molar-refractivity contribution in [3.05, 3.63) is 28.8 Å². The van der Waals surface area contributed by atoms with Crippen LogP contribution in [0, 0.1) is 0 Å². The zero-order chi connectivity index (χ0) is 14.6. The minimum absolute atomic E-state index is 0.113. The van der Waals surface area contributed by atoms with Crippen molar-refractivity contribution in [2.45, 2.75) is 18.4 Å². The van der Waals surface area contributed by atoms with Crippen LogP contribution < -0.4 is 10.1 Å². The summed E-state index contributed by atoms with van der Waals surface area (Å²) in [4.78, 5) is 12.4. The average molecular weight is 300 g/mol. The Kier molecular flexibility index (Phi) is 4.86. The Morgan fingerprint density at radius 1 is 1.50 bits per heavy atom. The van der Waals surface area contributed by atoms with E-state index in [1.54, 1.807) is 18.2 Å². The number of aliphatic hydroxyl groups is 1. The van der Waals surface area contributed by atoms with Crippen LogP contribution in [0.15, 0.2) is 18.2 Å². The molecule has 1 aliphatic rings. The number of aliphatic hydroxyl groups excluding tert-OH is 1. The first-order valence-corrected chi connectivity index (χ1v) is 6.83. The van der Waals surface area contributed by atoms with E-state index in [0.717, 1.165) is 0 Å². The van der Waals surface area contributed by atoms with E-state index in [1.165, 1.54) is 7.11 Å². The number of nitrogens with one attached hydrogen (secondary N) is 1. The summed E-state index contributed by atoms with van der Waals surface area (Å²) in [5.74, 6) is 0.129. The number of benzene rings is 1. The molecule has 1 amide bonds. The Morgan fingerprint density at radius 3 is 2.80 bits per heavy atom. The second kappa shape index (κ2) is 6.43. The first-order chi connectivity index (χ1) is 9.60. The number of carbonyl (C=O) groups is 1. The summed E-state index contributed by atoms with van der Waals surface area (Å²) in [7, 11) is 1.48. The standard InChI is InChI=1S/C14H18ClNO4/c1-19-12-8-10(15)2-3-11(12)13(18)16-14(9-17)4-6-20-7-5-14/h2-3,8,17H,4-7,9H2,1H3,(H,16,18). The number of methoxy groups -OCH3 is 1. The van der Waals surface area contributed by atoms with Crippen LogP contribution in [0.1, 0.15) is 23.2 Å². The Balaban J connectivity index is 2.18. The van der Waals surface area contributed by atoms with E-state index in [9.17, 15) is 9.90 Å². The highest BCUT2D eigenvalue weighted by atomic mass is 35.5. The monoisotopic (exact) mass is 299 g/mol. The molecule has 1 heterocycles. The molecule has 0 aliphatic carbocycles. The van der Waals surface area contributed by atoms with Crippen LogP contribution in [0.5, 0.6) is 5.75 Å². The second-order valence-electron chi connectivity index (χ2n) is 4.85. The third kappa shape index (κ3) is 3.23. The summed E-state index contributed by atoms with van der Waals surface area (Å²) in [6.45, 7) is 0.940. The molecule has 20 heavy (non-hydrogen) atoms. The van der Waals surface area contributed by atoms with E-state index >= 15 is 0 Å². The topological polar surface area (TPSA) is 67.8 Å². The van der Waals surface area contributed by atoms with Crippen LogP contribution in [0.3, 0.4) is 0 Å².